The molecule has 1 aromatic carbocycles. The summed E-state index contributed by atoms with van der Waals surface area (Å²) in [6.07, 6.45) is 1.89. The van der Waals surface area contributed by atoms with Crippen LogP contribution in [0, 0.1) is 0 Å². The summed E-state index contributed by atoms with van der Waals surface area (Å²) in [6, 6.07) is 7.42. The highest BCUT2D eigenvalue weighted by atomic mass is 32.2. The Kier molecular flexibility index (Phi) is 1.82. The van der Waals surface area contributed by atoms with Crippen LogP contribution in [-0.2, 0) is 0 Å². The molecule has 0 atom stereocenters. The Morgan fingerprint density at radius 1 is 1.20 bits per heavy atom. The number of thioether (sulfide) groups is 1. The van der Waals surface area contributed by atoms with E-state index < -0.39 is 0 Å². The molecule has 2 heterocycles. The van der Waals surface area contributed by atoms with Gasteiger partial charge < -0.3 is 10.3 Å². The normalized spacial score (nSPS) is 13.6. The maximum absolute atomic E-state index is 11.2. The molecule has 2 aromatic rings. The molecule has 1 aromatic heterocycles. The summed E-state index contributed by atoms with van der Waals surface area (Å²) in [6.45, 7) is 0. The summed E-state index contributed by atoms with van der Waals surface area (Å²) in [4.78, 5) is 15.1. The lowest BCUT2D eigenvalue weighted by Crippen LogP contribution is -2.03. The minimum Gasteiger partial charge on any atom is -0.360 e. The second kappa shape index (κ2) is 3.17. The van der Waals surface area contributed by atoms with E-state index in [9.17, 15) is 4.79 Å². The van der Waals surface area contributed by atoms with Gasteiger partial charge >= 0.3 is 0 Å². The molecule has 4 heteroatoms. The van der Waals surface area contributed by atoms with Crippen molar-refractivity contribution in [1.82, 2.24) is 4.98 Å². The monoisotopic (exact) mass is 216 g/mol. The fourth-order valence-electron chi connectivity index (χ4n) is 1.62. The first kappa shape index (κ1) is 8.61. The zero-order valence-electron chi connectivity index (χ0n) is 7.78. The SMILES string of the molecule is O=c1ccc2cc3c(cc2[nH]1)NC=CS3. The minimum atomic E-state index is -0.0681. The van der Waals surface area contributed by atoms with Crippen LogP contribution in [0.1, 0.15) is 0 Å². The van der Waals surface area contributed by atoms with E-state index in [0.717, 1.165) is 16.6 Å². The number of pyridine rings is 1. The number of aromatic nitrogens is 1. The van der Waals surface area contributed by atoms with Crippen LogP contribution in [0.15, 0.2) is 45.6 Å². The van der Waals surface area contributed by atoms with Crippen LogP contribution in [-0.4, -0.2) is 4.98 Å². The van der Waals surface area contributed by atoms with Gasteiger partial charge in [0.15, 0.2) is 0 Å². The molecular formula is C11H8N2OS. The van der Waals surface area contributed by atoms with Crippen LogP contribution in [0.4, 0.5) is 5.69 Å². The summed E-state index contributed by atoms with van der Waals surface area (Å²) in [5.41, 5.74) is 1.84. The number of hydrogen-bond acceptors (Lipinski definition) is 3. The number of H-pyrrole nitrogens is 1. The summed E-state index contributed by atoms with van der Waals surface area (Å²) in [5, 5.41) is 6.20. The first-order valence-corrected chi connectivity index (χ1v) is 5.46. The molecular weight excluding hydrogens is 208 g/mol. The number of nitrogens with one attached hydrogen (secondary N) is 2. The van der Waals surface area contributed by atoms with Gasteiger partial charge in [-0.3, -0.25) is 4.79 Å². The van der Waals surface area contributed by atoms with Gasteiger partial charge in [-0.05, 0) is 29.0 Å². The summed E-state index contributed by atoms with van der Waals surface area (Å²) in [5.74, 6) is 0. The Hall–Kier alpha value is -1.68. The Labute approximate surface area is 90.2 Å². The highest BCUT2D eigenvalue weighted by molar-refractivity contribution is 8.02. The van der Waals surface area contributed by atoms with Gasteiger partial charge in [-0.1, -0.05) is 11.8 Å². The summed E-state index contributed by atoms with van der Waals surface area (Å²) >= 11 is 1.67. The van der Waals surface area contributed by atoms with E-state index in [0.29, 0.717) is 0 Å². The van der Waals surface area contributed by atoms with Crippen molar-refractivity contribution in [2.75, 3.05) is 5.32 Å². The molecule has 15 heavy (non-hydrogen) atoms. The third-order valence-corrected chi connectivity index (χ3v) is 3.19. The molecule has 2 N–H and O–H groups in total. The van der Waals surface area contributed by atoms with Crippen molar-refractivity contribution in [2.24, 2.45) is 0 Å². The van der Waals surface area contributed by atoms with Crippen molar-refractivity contribution >= 4 is 28.4 Å². The molecule has 3 rings (SSSR count). The third kappa shape index (κ3) is 1.43. The fourth-order valence-corrected chi connectivity index (χ4v) is 2.35. The lowest BCUT2D eigenvalue weighted by Gasteiger charge is -2.12. The lowest BCUT2D eigenvalue weighted by atomic mass is 10.2. The van der Waals surface area contributed by atoms with E-state index in [2.05, 4.69) is 16.4 Å². The topological polar surface area (TPSA) is 44.9 Å². The van der Waals surface area contributed by atoms with Gasteiger partial charge in [0.1, 0.15) is 0 Å². The zero-order chi connectivity index (χ0) is 10.3. The second-order valence-corrected chi connectivity index (χ2v) is 4.27. The molecule has 0 radical (unpaired) electrons. The van der Waals surface area contributed by atoms with Crippen molar-refractivity contribution < 1.29 is 0 Å². The number of fused-ring (bicyclic) bond motifs is 2. The molecule has 1 aliphatic rings. The van der Waals surface area contributed by atoms with E-state index in [1.165, 1.54) is 4.90 Å². The zero-order valence-corrected chi connectivity index (χ0v) is 8.60. The van der Waals surface area contributed by atoms with Crippen LogP contribution in [0.25, 0.3) is 10.9 Å². The Morgan fingerprint density at radius 2 is 2.13 bits per heavy atom. The van der Waals surface area contributed by atoms with Crippen LogP contribution >= 0.6 is 11.8 Å². The predicted molar refractivity (Wildman–Crippen MR) is 63.2 cm³/mol. The van der Waals surface area contributed by atoms with Crippen LogP contribution in [0.5, 0.6) is 0 Å². The predicted octanol–water partition coefficient (Wildman–Crippen LogP) is 2.52. The number of anilines is 1. The molecule has 0 unspecified atom stereocenters. The maximum atomic E-state index is 11.2. The lowest BCUT2D eigenvalue weighted by molar-refractivity contribution is 1.29. The van der Waals surface area contributed by atoms with Gasteiger partial charge in [-0.2, -0.15) is 0 Å². The van der Waals surface area contributed by atoms with Crippen molar-refractivity contribution in [3.05, 3.63) is 46.2 Å². The fraction of sp³-hybridized carbons (Fsp3) is 0. The van der Waals surface area contributed by atoms with E-state index in [1.807, 2.05) is 23.7 Å². The maximum Gasteiger partial charge on any atom is 0.248 e. The van der Waals surface area contributed by atoms with Crippen molar-refractivity contribution in [3.63, 3.8) is 0 Å². The first-order chi connectivity index (χ1) is 7.33. The molecule has 0 fully saturated rings. The van der Waals surface area contributed by atoms with Gasteiger partial charge in [0, 0.05) is 17.2 Å². The van der Waals surface area contributed by atoms with E-state index in [-0.39, 0.29) is 5.56 Å². The van der Waals surface area contributed by atoms with E-state index in [4.69, 9.17) is 0 Å². The van der Waals surface area contributed by atoms with Gasteiger partial charge in [-0.15, -0.1) is 0 Å². The molecule has 0 spiro atoms. The number of rotatable bonds is 0. The van der Waals surface area contributed by atoms with Gasteiger partial charge in [-0.25, -0.2) is 0 Å². The Balaban J connectivity index is 2.33. The molecule has 0 saturated carbocycles. The summed E-state index contributed by atoms with van der Waals surface area (Å²) < 4.78 is 0. The quantitative estimate of drug-likeness (QED) is 0.711. The van der Waals surface area contributed by atoms with Crippen molar-refractivity contribution in [2.45, 2.75) is 4.90 Å². The minimum absolute atomic E-state index is 0.0681. The number of aromatic amines is 1. The average Bonchev–Trinajstić information content (AvgIpc) is 2.26. The third-order valence-electron chi connectivity index (χ3n) is 2.33. The standard InChI is InChI=1S/C11H8N2OS/c14-11-2-1-7-5-10-9(6-8(7)13-11)12-3-4-15-10/h1-6,12H,(H,13,14). The Bertz CT molecular complexity index is 616. The van der Waals surface area contributed by atoms with Gasteiger partial charge in [0.25, 0.3) is 0 Å². The summed E-state index contributed by atoms with van der Waals surface area (Å²) in [7, 11) is 0. The number of hydrogen-bond donors (Lipinski definition) is 2. The van der Waals surface area contributed by atoms with Gasteiger partial charge in [0.05, 0.1) is 11.2 Å². The number of benzene rings is 1. The van der Waals surface area contributed by atoms with E-state index >= 15 is 0 Å². The van der Waals surface area contributed by atoms with Crippen LogP contribution < -0.4 is 10.9 Å². The molecule has 1 aliphatic heterocycles. The smallest absolute Gasteiger partial charge is 0.248 e. The van der Waals surface area contributed by atoms with Crippen LogP contribution in [0.3, 0.4) is 0 Å². The molecule has 0 saturated heterocycles. The van der Waals surface area contributed by atoms with Crippen LogP contribution in [0.2, 0.25) is 0 Å². The van der Waals surface area contributed by atoms with E-state index in [1.54, 1.807) is 17.8 Å². The molecule has 0 bridgehead atoms. The van der Waals surface area contributed by atoms with Gasteiger partial charge in [0.2, 0.25) is 5.56 Å². The highest BCUT2D eigenvalue weighted by Gasteiger charge is 2.06. The molecule has 0 amide bonds. The molecule has 0 aliphatic carbocycles. The largest absolute Gasteiger partial charge is 0.360 e. The second-order valence-electron chi connectivity index (χ2n) is 3.32. The van der Waals surface area contributed by atoms with Crippen molar-refractivity contribution in [3.8, 4) is 0 Å². The molecule has 3 nitrogen and oxygen atoms in total. The highest BCUT2D eigenvalue weighted by Crippen LogP contribution is 2.34. The van der Waals surface area contributed by atoms with Crippen molar-refractivity contribution in [1.29, 1.82) is 0 Å². The first-order valence-electron chi connectivity index (χ1n) is 4.58. The average molecular weight is 216 g/mol. The Morgan fingerprint density at radius 3 is 3.07 bits per heavy atom. The molecule has 74 valence electrons.